The Morgan fingerprint density at radius 1 is 0.909 bits per heavy atom. The number of aromatic nitrogens is 2. The second kappa shape index (κ2) is 5.93. The minimum atomic E-state index is 0.774. The molecule has 114 valence electrons. The van der Waals surface area contributed by atoms with Crippen molar-refractivity contribution in [3.05, 3.63) is 47.7 Å². The summed E-state index contributed by atoms with van der Waals surface area (Å²) >= 11 is 0. The molecule has 0 radical (unpaired) electrons. The number of nitrogens with zero attached hydrogens (tertiary/aromatic N) is 4. The molecule has 0 spiro atoms. The maximum atomic E-state index is 5.41. The lowest BCUT2D eigenvalue weighted by Gasteiger charge is -2.31. The molecule has 0 bridgehead atoms. The SMILES string of the molecule is c1ccc2c(c1)CCN(c1nccc(N3CCOCC3)n1)C2. The Morgan fingerprint density at radius 2 is 1.73 bits per heavy atom. The highest BCUT2D eigenvalue weighted by Gasteiger charge is 2.19. The van der Waals surface area contributed by atoms with E-state index in [1.54, 1.807) is 0 Å². The van der Waals surface area contributed by atoms with Crippen LogP contribution in [0.4, 0.5) is 11.8 Å². The van der Waals surface area contributed by atoms with E-state index in [0.717, 1.165) is 57.6 Å². The summed E-state index contributed by atoms with van der Waals surface area (Å²) < 4.78 is 5.41. The molecule has 0 unspecified atom stereocenters. The second-order valence-electron chi connectivity index (χ2n) is 5.75. The van der Waals surface area contributed by atoms with Crippen molar-refractivity contribution in [3.8, 4) is 0 Å². The summed E-state index contributed by atoms with van der Waals surface area (Å²) in [7, 11) is 0. The fraction of sp³-hybridized carbons (Fsp3) is 0.412. The summed E-state index contributed by atoms with van der Waals surface area (Å²) in [6, 6.07) is 10.6. The van der Waals surface area contributed by atoms with Crippen molar-refractivity contribution in [2.75, 3.05) is 42.6 Å². The normalized spacial score (nSPS) is 18.2. The smallest absolute Gasteiger partial charge is 0.227 e. The van der Waals surface area contributed by atoms with Crippen molar-refractivity contribution < 1.29 is 4.74 Å². The molecule has 0 amide bonds. The first-order valence-electron chi connectivity index (χ1n) is 7.87. The van der Waals surface area contributed by atoms with Crippen LogP contribution < -0.4 is 9.80 Å². The maximum Gasteiger partial charge on any atom is 0.227 e. The number of morpholine rings is 1. The lowest BCUT2D eigenvalue weighted by Crippen LogP contribution is -2.37. The van der Waals surface area contributed by atoms with Crippen molar-refractivity contribution in [1.29, 1.82) is 0 Å². The van der Waals surface area contributed by atoms with Gasteiger partial charge in [0.2, 0.25) is 5.95 Å². The Labute approximate surface area is 130 Å². The quantitative estimate of drug-likeness (QED) is 0.846. The highest BCUT2D eigenvalue weighted by Crippen LogP contribution is 2.23. The van der Waals surface area contributed by atoms with Gasteiger partial charge in [-0.25, -0.2) is 4.98 Å². The highest BCUT2D eigenvalue weighted by atomic mass is 16.5. The Hall–Kier alpha value is -2.14. The number of ether oxygens (including phenoxy) is 1. The Balaban J connectivity index is 1.56. The minimum absolute atomic E-state index is 0.774. The fourth-order valence-electron chi connectivity index (χ4n) is 3.13. The zero-order valence-electron chi connectivity index (χ0n) is 12.6. The molecule has 3 heterocycles. The van der Waals surface area contributed by atoms with Crippen molar-refractivity contribution in [3.63, 3.8) is 0 Å². The van der Waals surface area contributed by atoms with Gasteiger partial charge in [-0.1, -0.05) is 24.3 Å². The van der Waals surface area contributed by atoms with Crippen LogP contribution in [0.15, 0.2) is 36.5 Å². The van der Waals surface area contributed by atoms with E-state index < -0.39 is 0 Å². The van der Waals surface area contributed by atoms with Gasteiger partial charge in [-0.15, -0.1) is 0 Å². The van der Waals surface area contributed by atoms with Crippen LogP contribution in [0, 0.1) is 0 Å². The Morgan fingerprint density at radius 3 is 2.59 bits per heavy atom. The van der Waals surface area contributed by atoms with Crippen LogP contribution in [-0.2, 0) is 17.7 Å². The van der Waals surface area contributed by atoms with Crippen LogP contribution in [0.1, 0.15) is 11.1 Å². The van der Waals surface area contributed by atoms with Gasteiger partial charge in [0.15, 0.2) is 0 Å². The van der Waals surface area contributed by atoms with Crippen molar-refractivity contribution in [1.82, 2.24) is 9.97 Å². The maximum absolute atomic E-state index is 5.41. The van der Waals surface area contributed by atoms with Gasteiger partial charge in [0.1, 0.15) is 5.82 Å². The van der Waals surface area contributed by atoms with Gasteiger partial charge < -0.3 is 14.5 Å². The van der Waals surface area contributed by atoms with Crippen molar-refractivity contribution >= 4 is 11.8 Å². The molecular weight excluding hydrogens is 276 g/mol. The first-order valence-corrected chi connectivity index (χ1v) is 7.87. The second-order valence-corrected chi connectivity index (χ2v) is 5.75. The number of rotatable bonds is 2. The largest absolute Gasteiger partial charge is 0.378 e. The molecule has 1 aromatic heterocycles. The van der Waals surface area contributed by atoms with E-state index >= 15 is 0 Å². The van der Waals surface area contributed by atoms with Gasteiger partial charge in [0.05, 0.1) is 13.2 Å². The third kappa shape index (κ3) is 2.64. The molecule has 0 saturated carbocycles. The average molecular weight is 296 g/mol. The van der Waals surface area contributed by atoms with Gasteiger partial charge in [-0.2, -0.15) is 4.98 Å². The van der Waals surface area contributed by atoms with Gasteiger partial charge in [-0.3, -0.25) is 0 Å². The summed E-state index contributed by atoms with van der Waals surface area (Å²) in [5.74, 6) is 1.84. The molecule has 2 aromatic rings. The minimum Gasteiger partial charge on any atom is -0.378 e. The lowest BCUT2D eigenvalue weighted by molar-refractivity contribution is 0.122. The van der Waals surface area contributed by atoms with E-state index in [-0.39, 0.29) is 0 Å². The molecule has 1 saturated heterocycles. The molecule has 0 atom stereocenters. The van der Waals surface area contributed by atoms with Gasteiger partial charge in [0, 0.05) is 32.4 Å². The summed E-state index contributed by atoms with van der Waals surface area (Å²) in [6.07, 6.45) is 2.93. The number of benzene rings is 1. The fourth-order valence-corrected chi connectivity index (χ4v) is 3.13. The third-order valence-electron chi connectivity index (χ3n) is 4.38. The molecule has 4 rings (SSSR count). The molecule has 2 aliphatic rings. The number of anilines is 2. The Kier molecular flexibility index (Phi) is 3.64. The van der Waals surface area contributed by atoms with Crippen LogP contribution in [-0.4, -0.2) is 42.8 Å². The topological polar surface area (TPSA) is 41.5 Å². The molecule has 5 nitrogen and oxygen atoms in total. The third-order valence-corrected chi connectivity index (χ3v) is 4.38. The number of fused-ring (bicyclic) bond motifs is 1. The average Bonchev–Trinajstić information content (AvgIpc) is 2.62. The van der Waals surface area contributed by atoms with E-state index in [4.69, 9.17) is 9.72 Å². The molecular formula is C17H20N4O. The number of hydrogen-bond acceptors (Lipinski definition) is 5. The van der Waals surface area contributed by atoms with E-state index in [1.807, 2.05) is 12.3 Å². The summed E-state index contributed by atoms with van der Waals surface area (Å²) in [5.41, 5.74) is 2.83. The molecule has 1 aromatic carbocycles. The zero-order valence-corrected chi connectivity index (χ0v) is 12.6. The summed E-state index contributed by atoms with van der Waals surface area (Å²) in [6.45, 7) is 5.22. The number of hydrogen-bond donors (Lipinski definition) is 0. The molecule has 1 fully saturated rings. The predicted molar refractivity (Wildman–Crippen MR) is 86.3 cm³/mol. The van der Waals surface area contributed by atoms with Crippen LogP contribution in [0.5, 0.6) is 0 Å². The lowest BCUT2D eigenvalue weighted by atomic mass is 10.0. The van der Waals surface area contributed by atoms with Crippen molar-refractivity contribution in [2.24, 2.45) is 0 Å². The summed E-state index contributed by atoms with van der Waals surface area (Å²) in [5, 5.41) is 0. The van der Waals surface area contributed by atoms with Gasteiger partial charge in [0.25, 0.3) is 0 Å². The molecule has 0 aliphatic carbocycles. The highest BCUT2D eigenvalue weighted by molar-refractivity contribution is 5.46. The first-order chi connectivity index (χ1) is 10.9. The van der Waals surface area contributed by atoms with Crippen LogP contribution in [0.3, 0.4) is 0 Å². The van der Waals surface area contributed by atoms with E-state index in [2.05, 4.69) is 39.0 Å². The monoisotopic (exact) mass is 296 g/mol. The van der Waals surface area contributed by atoms with Crippen LogP contribution >= 0.6 is 0 Å². The van der Waals surface area contributed by atoms with Crippen LogP contribution in [0.2, 0.25) is 0 Å². The van der Waals surface area contributed by atoms with Gasteiger partial charge >= 0.3 is 0 Å². The van der Waals surface area contributed by atoms with E-state index in [1.165, 1.54) is 11.1 Å². The predicted octanol–water partition coefficient (Wildman–Crippen LogP) is 1.88. The standard InChI is InChI=1S/C17H20N4O/c1-2-4-15-13-21(8-6-14(15)3-1)17-18-7-5-16(19-17)20-9-11-22-12-10-20/h1-5,7H,6,8-13H2. The Bertz CT molecular complexity index is 655. The van der Waals surface area contributed by atoms with E-state index in [9.17, 15) is 0 Å². The van der Waals surface area contributed by atoms with Gasteiger partial charge in [-0.05, 0) is 23.6 Å². The molecule has 5 heteroatoms. The summed E-state index contributed by atoms with van der Waals surface area (Å²) in [4.78, 5) is 13.8. The van der Waals surface area contributed by atoms with Crippen molar-refractivity contribution in [2.45, 2.75) is 13.0 Å². The van der Waals surface area contributed by atoms with Crippen LogP contribution in [0.25, 0.3) is 0 Å². The zero-order chi connectivity index (χ0) is 14.8. The molecule has 0 N–H and O–H groups in total. The van der Waals surface area contributed by atoms with E-state index in [0.29, 0.717) is 0 Å². The molecule has 22 heavy (non-hydrogen) atoms. The first kappa shape index (κ1) is 13.5. The molecule has 2 aliphatic heterocycles.